The first-order valence-electron chi connectivity index (χ1n) is 10.7. The molecule has 6 heteroatoms. The first kappa shape index (κ1) is 20.4. The Labute approximate surface area is 173 Å². The van der Waals surface area contributed by atoms with Gasteiger partial charge >= 0.3 is 0 Å². The normalized spacial score (nSPS) is 30.0. The van der Waals surface area contributed by atoms with Crippen LogP contribution in [0.2, 0.25) is 0 Å². The number of nitrogens with one attached hydrogen (secondary N) is 1. The van der Waals surface area contributed by atoms with Crippen LogP contribution >= 0.6 is 0 Å². The van der Waals surface area contributed by atoms with Crippen molar-refractivity contribution in [3.63, 3.8) is 0 Å². The number of hydrogen-bond acceptors (Lipinski definition) is 4. The molecule has 1 aliphatic heterocycles. The molecule has 3 unspecified atom stereocenters. The standard InChI is InChI=1S/C23H32N3O3/c1-26(2)14-13-22(11-12-22)17-5-3-16(4-6-17)21(28)25-18-7-9-23(15-18)10-8-19(29-23)20(24)27/h3-7,18-19H,8-15H2,1-2H3,(H2,24,27)(H,25,28). The van der Waals surface area contributed by atoms with Crippen molar-refractivity contribution in [1.29, 1.82) is 0 Å². The van der Waals surface area contributed by atoms with Crippen molar-refractivity contribution < 1.29 is 14.3 Å². The van der Waals surface area contributed by atoms with Crippen molar-refractivity contribution in [2.24, 2.45) is 5.73 Å². The van der Waals surface area contributed by atoms with Crippen molar-refractivity contribution in [3.8, 4) is 0 Å². The van der Waals surface area contributed by atoms with Crippen LogP contribution in [-0.4, -0.2) is 55.1 Å². The Morgan fingerprint density at radius 2 is 1.93 bits per heavy atom. The molecule has 1 radical (unpaired) electrons. The van der Waals surface area contributed by atoms with Gasteiger partial charge in [0.2, 0.25) is 5.91 Å². The molecule has 3 fully saturated rings. The molecule has 3 N–H and O–H groups in total. The third-order valence-electron chi connectivity index (χ3n) is 6.91. The Bertz CT molecular complexity index is 772. The van der Waals surface area contributed by atoms with Gasteiger partial charge in [-0.15, -0.1) is 0 Å². The second kappa shape index (κ2) is 7.73. The van der Waals surface area contributed by atoms with E-state index in [9.17, 15) is 9.59 Å². The van der Waals surface area contributed by atoms with E-state index < -0.39 is 12.0 Å². The topological polar surface area (TPSA) is 84.7 Å². The number of nitrogens with zero attached hydrogens (tertiary/aromatic N) is 1. The second-order valence-corrected chi connectivity index (χ2v) is 9.37. The van der Waals surface area contributed by atoms with Gasteiger partial charge in [-0.1, -0.05) is 12.1 Å². The van der Waals surface area contributed by atoms with E-state index in [1.54, 1.807) is 0 Å². The number of primary amides is 1. The molecule has 3 atom stereocenters. The van der Waals surface area contributed by atoms with E-state index in [-0.39, 0.29) is 17.6 Å². The number of nitrogens with two attached hydrogens (primary N) is 1. The summed E-state index contributed by atoms with van der Waals surface area (Å²) in [4.78, 5) is 26.3. The zero-order chi connectivity index (χ0) is 20.6. The van der Waals surface area contributed by atoms with Crippen molar-refractivity contribution in [1.82, 2.24) is 10.2 Å². The highest BCUT2D eigenvalue weighted by molar-refractivity contribution is 5.94. The maximum atomic E-state index is 12.7. The van der Waals surface area contributed by atoms with Crippen LogP contribution < -0.4 is 11.1 Å². The summed E-state index contributed by atoms with van der Waals surface area (Å²) in [7, 11) is 4.22. The molecule has 1 aromatic rings. The molecule has 1 spiro atoms. The van der Waals surface area contributed by atoms with Gasteiger partial charge in [0, 0.05) is 11.6 Å². The molecular weight excluding hydrogens is 366 g/mol. The molecule has 1 saturated heterocycles. The van der Waals surface area contributed by atoms with Crippen LogP contribution in [0.3, 0.4) is 0 Å². The van der Waals surface area contributed by atoms with Gasteiger partial charge in [0.05, 0.1) is 5.60 Å². The third kappa shape index (κ3) is 4.33. The van der Waals surface area contributed by atoms with Gasteiger partial charge in [0.15, 0.2) is 0 Å². The van der Waals surface area contributed by atoms with Gasteiger partial charge in [-0.3, -0.25) is 9.59 Å². The summed E-state index contributed by atoms with van der Waals surface area (Å²) in [5.41, 5.74) is 7.38. The molecule has 2 aliphatic carbocycles. The number of hydrogen-bond donors (Lipinski definition) is 2. The van der Waals surface area contributed by atoms with Gasteiger partial charge in [0.25, 0.3) is 5.91 Å². The molecule has 157 valence electrons. The first-order chi connectivity index (χ1) is 13.8. The highest BCUT2D eigenvalue weighted by Gasteiger charge is 2.48. The summed E-state index contributed by atoms with van der Waals surface area (Å²) in [6, 6.07) is 8.09. The Hall–Kier alpha value is -1.92. The van der Waals surface area contributed by atoms with E-state index >= 15 is 0 Å². The Kier molecular flexibility index (Phi) is 5.42. The number of rotatable bonds is 7. The van der Waals surface area contributed by atoms with Crippen LogP contribution in [0.15, 0.2) is 24.3 Å². The molecule has 1 heterocycles. The maximum absolute atomic E-state index is 12.7. The van der Waals surface area contributed by atoms with E-state index in [4.69, 9.17) is 10.5 Å². The van der Waals surface area contributed by atoms with Gasteiger partial charge in [0.1, 0.15) is 6.10 Å². The zero-order valence-corrected chi connectivity index (χ0v) is 17.4. The van der Waals surface area contributed by atoms with Crippen LogP contribution in [0, 0.1) is 6.42 Å². The molecule has 6 nitrogen and oxygen atoms in total. The lowest BCUT2D eigenvalue weighted by atomic mass is 9.91. The van der Waals surface area contributed by atoms with Crippen LogP contribution in [0.5, 0.6) is 0 Å². The molecule has 3 aliphatic rings. The fourth-order valence-electron chi connectivity index (χ4n) is 4.85. The summed E-state index contributed by atoms with van der Waals surface area (Å²) in [5.74, 6) is -0.453. The number of ether oxygens (including phenoxy) is 1. The quantitative estimate of drug-likeness (QED) is 0.737. The van der Waals surface area contributed by atoms with E-state index in [1.807, 2.05) is 12.1 Å². The number of carbonyl (C=O) groups excluding carboxylic acids is 2. The van der Waals surface area contributed by atoms with Gasteiger partial charge < -0.3 is 20.7 Å². The molecule has 0 aromatic heterocycles. The fraction of sp³-hybridized carbons (Fsp3) is 0.609. The molecule has 1 aromatic carbocycles. The average Bonchev–Trinajstić information content (AvgIpc) is 3.22. The zero-order valence-electron chi connectivity index (χ0n) is 17.4. The lowest BCUT2D eigenvalue weighted by Gasteiger charge is -2.24. The highest BCUT2D eigenvalue weighted by atomic mass is 16.5. The van der Waals surface area contributed by atoms with E-state index in [0.29, 0.717) is 23.8 Å². The lowest BCUT2D eigenvalue weighted by molar-refractivity contribution is -0.133. The molecule has 0 bridgehead atoms. The highest BCUT2D eigenvalue weighted by Crippen LogP contribution is 2.51. The summed E-state index contributed by atoms with van der Waals surface area (Å²) in [6.07, 6.45) is 8.16. The van der Waals surface area contributed by atoms with Crippen LogP contribution in [0.1, 0.15) is 60.9 Å². The fourth-order valence-corrected chi connectivity index (χ4v) is 4.85. The monoisotopic (exact) mass is 398 g/mol. The van der Waals surface area contributed by atoms with E-state index in [0.717, 1.165) is 25.8 Å². The van der Waals surface area contributed by atoms with Crippen molar-refractivity contribution in [2.45, 2.75) is 68.1 Å². The average molecular weight is 399 g/mol. The first-order valence-corrected chi connectivity index (χ1v) is 10.7. The van der Waals surface area contributed by atoms with Gasteiger partial charge in [-0.05, 0) is 95.1 Å². The van der Waals surface area contributed by atoms with E-state index in [1.165, 1.54) is 18.4 Å². The number of amides is 2. The van der Waals surface area contributed by atoms with E-state index in [2.05, 4.69) is 42.9 Å². The Morgan fingerprint density at radius 1 is 1.21 bits per heavy atom. The second-order valence-electron chi connectivity index (χ2n) is 9.37. The van der Waals surface area contributed by atoms with Crippen LogP contribution in [0.4, 0.5) is 0 Å². The third-order valence-corrected chi connectivity index (χ3v) is 6.91. The smallest absolute Gasteiger partial charge is 0.251 e. The van der Waals surface area contributed by atoms with Crippen LogP contribution in [-0.2, 0) is 14.9 Å². The van der Waals surface area contributed by atoms with Crippen LogP contribution in [0.25, 0.3) is 0 Å². The number of benzene rings is 1. The Morgan fingerprint density at radius 3 is 2.52 bits per heavy atom. The van der Waals surface area contributed by atoms with Crippen molar-refractivity contribution in [3.05, 3.63) is 41.8 Å². The lowest BCUT2D eigenvalue weighted by Crippen LogP contribution is -2.37. The molecule has 29 heavy (non-hydrogen) atoms. The minimum Gasteiger partial charge on any atom is -0.367 e. The van der Waals surface area contributed by atoms with Crippen molar-refractivity contribution >= 4 is 11.8 Å². The van der Waals surface area contributed by atoms with Crippen molar-refractivity contribution in [2.75, 3.05) is 20.6 Å². The predicted molar refractivity (Wildman–Crippen MR) is 111 cm³/mol. The summed E-state index contributed by atoms with van der Waals surface area (Å²) in [6.45, 7) is 1.08. The SMILES string of the molecule is CN(C)CCC1(c2ccc(C(=O)NC3[CH]CC4(CCC(C(N)=O)O4)C3)cc2)CC1. The maximum Gasteiger partial charge on any atom is 0.251 e. The van der Waals surface area contributed by atoms with Gasteiger partial charge in [-0.25, -0.2) is 0 Å². The molecule has 4 rings (SSSR count). The summed E-state index contributed by atoms with van der Waals surface area (Å²) in [5, 5.41) is 3.11. The molecule has 2 amide bonds. The summed E-state index contributed by atoms with van der Waals surface area (Å²) < 4.78 is 5.93. The largest absolute Gasteiger partial charge is 0.367 e. The minimum absolute atomic E-state index is 0.0383. The minimum atomic E-state index is -0.493. The molecular formula is C23H32N3O3. The predicted octanol–water partition coefficient (Wildman–Crippen LogP) is 2.17. The van der Waals surface area contributed by atoms with Gasteiger partial charge in [-0.2, -0.15) is 0 Å². The summed E-state index contributed by atoms with van der Waals surface area (Å²) >= 11 is 0. The Balaban J connectivity index is 1.32. The number of carbonyl (C=O) groups is 2. The molecule has 2 saturated carbocycles.